The SMILES string of the molecule is Cc1nc(N2CCCC2)nc(C)c1CNC1CC1. The van der Waals surface area contributed by atoms with E-state index >= 15 is 0 Å². The van der Waals surface area contributed by atoms with Gasteiger partial charge in [0.2, 0.25) is 5.95 Å². The van der Waals surface area contributed by atoms with Crippen LogP contribution in [0.2, 0.25) is 0 Å². The van der Waals surface area contributed by atoms with Crippen molar-refractivity contribution in [3.63, 3.8) is 0 Å². The smallest absolute Gasteiger partial charge is 0.225 e. The quantitative estimate of drug-likeness (QED) is 0.881. The van der Waals surface area contributed by atoms with Crippen molar-refractivity contribution < 1.29 is 0 Å². The minimum absolute atomic E-state index is 0.738. The van der Waals surface area contributed by atoms with Gasteiger partial charge >= 0.3 is 0 Å². The first kappa shape index (κ1) is 11.9. The number of rotatable bonds is 4. The Hall–Kier alpha value is -1.16. The minimum atomic E-state index is 0.738. The molecule has 0 atom stereocenters. The summed E-state index contributed by atoms with van der Waals surface area (Å²) in [4.78, 5) is 11.7. The van der Waals surface area contributed by atoms with Gasteiger partial charge in [0.25, 0.3) is 0 Å². The van der Waals surface area contributed by atoms with Crippen LogP contribution in [0.3, 0.4) is 0 Å². The molecule has 0 amide bonds. The number of hydrogen-bond donors (Lipinski definition) is 1. The summed E-state index contributed by atoms with van der Waals surface area (Å²) in [5, 5.41) is 3.55. The van der Waals surface area contributed by atoms with Crippen molar-refractivity contribution in [3.05, 3.63) is 17.0 Å². The summed E-state index contributed by atoms with van der Waals surface area (Å²) in [6, 6.07) is 0.738. The lowest BCUT2D eigenvalue weighted by Crippen LogP contribution is -2.23. The molecule has 0 aromatic carbocycles. The van der Waals surface area contributed by atoms with Gasteiger partial charge < -0.3 is 10.2 Å². The van der Waals surface area contributed by atoms with Crippen LogP contribution in [0, 0.1) is 13.8 Å². The Labute approximate surface area is 109 Å². The molecular weight excluding hydrogens is 224 g/mol. The van der Waals surface area contributed by atoms with Gasteiger partial charge in [-0.1, -0.05) is 0 Å². The Bertz CT molecular complexity index is 410. The largest absolute Gasteiger partial charge is 0.341 e. The van der Waals surface area contributed by atoms with Crippen molar-refractivity contribution in [2.45, 2.75) is 52.1 Å². The third-order valence-corrected chi connectivity index (χ3v) is 3.94. The molecule has 0 spiro atoms. The van der Waals surface area contributed by atoms with Gasteiger partial charge in [-0.25, -0.2) is 9.97 Å². The highest BCUT2D eigenvalue weighted by Crippen LogP contribution is 2.22. The van der Waals surface area contributed by atoms with Crippen LogP contribution in [0.15, 0.2) is 0 Å². The van der Waals surface area contributed by atoms with E-state index in [2.05, 4.69) is 34.0 Å². The van der Waals surface area contributed by atoms with Crippen LogP contribution in [0.5, 0.6) is 0 Å². The number of aromatic nitrogens is 2. The third kappa shape index (κ3) is 2.48. The average Bonchev–Trinajstić information content (AvgIpc) is 3.00. The molecule has 1 saturated carbocycles. The second kappa shape index (κ2) is 4.84. The summed E-state index contributed by atoms with van der Waals surface area (Å²) in [5.41, 5.74) is 3.56. The summed E-state index contributed by atoms with van der Waals surface area (Å²) < 4.78 is 0. The van der Waals surface area contributed by atoms with E-state index in [-0.39, 0.29) is 0 Å². The van der Waals surface area contributed by atoms with Crippen LogP contribution in [-0.4, -0.2) is 29.1 Å². The molecule has 1 aromatic heterocycles. The molecule has 1 saturated heterocycles. The summed E-state index contributed by atoms with van der Waals surface area (Å²) in [6.45, 7) is 7.36. The second-order valence-corrected chi connectivity index (χ2v) is 5.52. The van der Waals surface area contributed by atoms with Crippen molar-refractivity contribution in [2.24, 2.45) is 0 Å². The normalized spacial score (nSPS) is 19.6. The van der Waals surface area contributed by atoms with Crippen molar-refractivity contribution in [1.82, 2.24) is 15.3 Å². The molecule has 98 valence electrons. The summed E-state index contributed by atoms with van der Waals surface area (Å²) in [6.07, 6.45) is 5.19. The molecule has 2 heterocycles. The van der Waals surface area contributed by atoms with E-state index in [0.717, 1.165) is 43.0 Å². The molecule has 4 nitrogen and oxygen atoms in total. The standard InChI is InChI=1S/C14H22N4/c1-10-13(9-15-12-5-6-12)11(2)17-14(16-10)18-7-3-4-8-18/h12,15H,3-9H2,1-2H3. The van der Waals surface area contributed by atoms with E-state index in [1.807, 2.05) is 0 Å². The van der Waals surface area contributed by atoms with Gasteiger partial charge in [0.1, 0.15) is 0 Å². The van der Waals surface area contributed by atoms with Crippen molar-refractivity contribution in [2.75, 3.05) is 18.0 Å². The molecule has 1 N–H and O–H groups in total. The molecule has 0 unspecified atom stereocenters. The fourth-order valence-corrected chi connectivity index (χ4v) is 2.57. The predicted octanol–water partition coefficient (Wildman–Crippen LogP) is 1.95. The second-order valence-electron chi connectivity index (χ2n) is 5.52. The maximum absolute atomic E-state index is 4.69. The molecule has 2 fully saturated rings. The van der Waals surface area contributed by atoms with Crippen LogP contribution >= 0.6 is 0 Å². The van der Waals surface area contributed by atoms with Gasteiger partial charge in [0.15, 0.2) is 0 Å². The van der Waals surface area contributed by atoms with Gasteiger partial charge in [-0.2, -0.15) is 0 Å². The van der Waals surface area contributed by atoms with Crippen LogP contribution in [0.25, 0.3) is 0 Å². The van der Waals surface area contributed by atoms with E-state index in [0.29, 0.717) is 0 Å². The Morgan fingerprint density at radius 1 is 1.11 bits per heavy atom. The molecule has 4 heteroatoms. The van der Waals surface area contributed by atoms with Crippen LogP contribution in [-0.2, 0) is 6.54 Å². The lowest BCUT2D eigenvalue weighted by molar-refractivity contribution is 0.674. The van der Waals surface area contributed by atoms with Crippen molar-refractivity contribution in [1.29, 1.82) is 0 Å². The fraction of sp³-hybridized carbons (Fsp3) is 0.714. The number of nitrogens with zero attached hydrogens (tertiary/aromatic N) is 3. The highest BCUT2D eigenvalue weighted by atomic mass is 15.3. The van der Waals surface area contributed by atoms with E-state index < -0.39 is 0 Å². The number of anilines is 1. The van der Waals surface area contributed by atoms with E-state index in [1.54, 1.807) is 0 Å². The van der Waals surface area contributed by atoms with Gasteiger partial charge in [0.05, 0.1) is 0 Å². The first-order valence-corrected chi connectivity index (χ1v) is 7.06. The van der Waals surface area contributed by atoms with Gasteiger partial charge in [-0.05, 0) is 39.5 Å². The molecule has 18 heavy (non-hydrogen) atoms. The first-order valence-electron chi connectivity index (χ1n) is 7.06. The molecule has 1 aliphatic carbocycles. The van der Waals surface area contributed by atoms with E-state index in [4.69, 9.17) is 0 Å². The van der Waals surface area contributed by atoms with Crippen molar-refractivity contribution in [3.8, 4) is 0 Å². The zero-order valence-electron chi connectivity index (χ0n) is 11.4. The van der Waals surface area contributed by atoms with Crippen LogP contribution in [0.1, 0.15) is 42.6 Å². The average molecular weight is 246 g/mol. The molecule has 1 aliphatic heterocycles. The highest BCUT2D eigenvalue weighted by molar-refractivity contribution is 5.37. The van der Waals surface area contributed by atoms with Crippen LogP contribution in [0.4, 0.5) is 5.95 Å². The first-order chi connectivity index (χ1) is 8.74. The van der Waals surface area contributed by atoms with Gasteiger partial charge in [-0.3, -0.25) is 0 Å². The zero-order valence-corrected chi connectivity index (χ0v) is 11.4. The number of aryl methyl sites for hydroxylation is 2. The summed E-state index contributed by atoms with van der Waals surface area (Å²) in [7, 11) is 0. The molecule has 2 aliphatic rings. The van der Waals surface area contributed by atoms with E-state index in [9.17, 15) is 0 Å². The fourth-order valence-electron chi connectivity index (χ4n) is 2.57. The Morgan fingerprint density at radius 3 is 2.28 bits per heavy atom. The monoisotopic (exact) mass is 246 g/mol. The summed E-state index contributed by atoms with van der Waals surface area (Å²) >= 11 is 0. The molecular formula is C14H22N4. The predicted molar refractivity (Wildman–Crippen MR) is 72.8 cm³/mol. The Morgan fingerprint density at radius 2 is 1.72 bits per heavy atom. The van der Waals surface area contributed by atoms with Crippen LogP contribution < -0.4 is 10.2 Å². The molecule has 0 radical (unpaired) electrons. The third-order valence-electron chi connectivity index (χ3n) is 3.94. The molecule has 0 bridgehead atoms. The lowest BCUT2D eigenvalue weighted by atomic mass is 10.1. The topological polar surface area (TPSA) is 41.1 Å². The number of hydrogen-bond acceptors (Lipinski definition) is 4. The number of nitrogens with one attached hydrogen (secondary N) is 1. The molecule has 3 rings (SSSR count). The van der Waals surface area contributed by atoms with Gasteiger partial charge in [-0.15, -0.1) is 0 Å². The zero-order chi connectivity index (χ0) is 12.5. The lowest BCUT2D eigenvalue weighted by Gasteiger charge is -2.18. The van der Waals surface area contributed by atoms with Crippen molar-refractivity contribution >= 4 is 5.95 Å². The molecule has 1 aromatic rings. The highest BCUT2D eigenvalue weighted by Gasteiger charge is 2.22. The minimum Gasteiger partial charge on any atom is -0.341 e. The maximum Gasteiger partial charge on any atom is 0.225 e. The summed E-state index contributed by atoms with van der Waals surface area (Å²) in [5.74, 6) is 0.928. The van der Waals surface area contributed by atoms with E-state index in [1.165, 1.54) is 31.2 Å². The Balaban J connectivity index is 1.77. The Kier molecular flexibility index (Phi) is 3.20. The maximum atomic E-state index is 4.69. The van der Waals surface area contributed by atoms with Gasteiger partial charge in [0, 0.05) is 42.6 Å².